The van der Waals surface area contributed by atoms with Crippen molar-refractivity contribution in [1.29, 1.82) is 0 Å². The van der Waals surface area contributed by atoms with E-state index >= 15 is 0 Å². The Balaban J connectivity index is 1.76. The molecule has 0 bridgehead atoms. The van der Waals surface area contributed by atoms with Gasteiger partial charge in [-0.15, -0.1) is 0 Å². The fraction of sp³-hybridized carbons (Fsp3) is 0.591. The third-order valence-corrected chi connectivity index (χ3v) is 7.16. The minimum Gasteiger partial charge on any atom is -0.511 e. The highest BCUT2D eigenvalue weighted by Gasteiger charge is 2.46. The van der Waals surface area contributed by atoms with Crippen LogP contribution in [0.15, 0.2) is 39.8 Å². The van der Waals surface area contributed by atoms with E-state index in [2.05, 4.69) is 33.8 Å². The first kappa shape index (κ1) is 19.3. The molecule has 3 rings (SSSR count). The number of ether oxygens (including phenoxy) is 1. The summed E-state index contributed by atoms with van der Waals surface area (Å²) in [5.41, 5.74) is 0.955. The van der Waals surface area contributed by atoms with Crippen LogP contribution in [0.3, 0.4) is 0 Å². The molecule has 4 heteroatoms. The van der Waals surface area contributed by atoms with Crippen molar-refractivity contribution in [2.75, 3.05) is 0 Å². The lowest BCUT2D eigenvalue weighted by atomic mass is 9.67. The van der Waals surface area contributed by atoms with Crippen molar-refractivity contribution in [2.24, 2.45) is 11.3 Å². The summed E-state index contributed by atoms with van der Waals surface area (Å²) in [6.45, 7) is 8.93. The van der Waals surface area contributed by atoms with Gasteiger partial charge in [0, 0.05) is 11.3 Å². The SMILES string of the molecule is CCc1ccccc1SC1=C(O)CC2(CCC(C(C)(C)C)CC2)OC1=O. The predicted molar refractivity (Wildman–Crippen MR) is 106 cm³/mol. The van der Waals surface area contributed by atoms with Crippen LogP contribution in [0.25, 0.3) is 0 Å². The van der Waals surface area contributed by atoms with Gasteiger partial charge < -0.3 is 9.84 Å². The average molecular weight is 375 g/mol. The number of rotatable bonds is 3. The van der Waals surface area contributed by atoms with Crippen molar-refractivity contribution in [3.63, 3.8) is 0 Å². The standard InChI is InChI=1S/C22H30O3S/c1-5-15-8-6-7-9-18(15)26-19-17(23)14-22(25-20(19)24)12-10-16(11-13-22)21(2,3)4/h6-9,16,23H,5,10-14H2,1-4H3. The van der Waals surface area contributed by atoms with Gasteiger partial charge in [0.25, 0.3) is 0 Å². The molecule has 0 aromatic heterocycles. The number of carbonyl (C=O) groups excluding carboxylic acids is 1. The maximum Gasteiger partial charge on any atom is 0.349 e. The van der Waals surface area contributed by atoms with Crippen LogP contribution in [-0.2, 0) is 16.0 Å². The predicted octanol–water partition coefficient (Wildman–Crippen LogP) is 6.03. The average Bonchev–Trinajstić information content (AvgIpc) is 2.58. The highest BCUT2D eigenvalue weighted by molar-refractivity contribution is 8.04. The van der Waals surface area contributed by atoms with E-state index in [1.54, 1.807) is 0 Å². The summed E-state index contributed by atoms with van der Waals surface area (Å²) in [6.07, 6.45) is 5.12. The molecule has 0 amide bonds. The van der Waals surface area contributed by atoms with E-state index in [9.17, 15) is 9.90 Å². The first-order valence-electron chi connectivity index (χ1n) is 9.65. The molecule has 142 valence electrons. The summed E-state index contributed by atoms with van der Waals surface area (Å²) < 4.78 is 5.93. The number of hydrogen-bond donors (Lipinski definition) is 1. The van der Waals surface area contributed by atoms with Gasteiger partial charge in [0.2, 0.25) is 0 Å². The van der Waals surface area contributed by atoms with Crippen LogP contribution in [0.4, 0.5) is 0 Å². The van der Waals surface area contributed by atoms with Crippen molar-refractivity contribution in [3.8, 4) is 0 Å². The zero-order chi connectivity index (χ0) is 18.9. The number of aliphatic hydroxyl groups excluding tert-OH is 1. The Morgan fingerprint density at radius 2 is 1.88 bits per heavy atom. The van der Waals surface area contributed by atoms with E-state index in [1.165, 1.54) is 17.3 Å². The van der Waals surface area contributed by atoms with Crippen LogP contribution in [0.2, 0.25) is 0 Å². The van der Waals surface area contributed by atoms with E-state index in [4.69, 9.17) is 4.74 Å². The van der Waals surface area contributed by atoms with E-state index < -0.39 is 5.60 Å². The first-order valence-corrected chi connectivity index (χ1v) is 10.5. The lowest BCUT2D eigenvalue weighted by Gasteiger charge is -2.45. The van der Waals surface area contributed by atoms with E-state index in [1.807, 2.05) is 18.2 Å². The first-order chi connectivity index (χ1) is 12.2. The summed E-state index contributed by atoms with van der Waals surface area (Å²) in [4.78, 5) is 14.1. The molecule has 1 aromatic carbocycles. The van der Waals surface area contributed by atoms with Gasteiger partial charge >= 0.3 is 5.97 Å². The van der Waals surface area contributed by atoms with E-state index in [0.29, 0.717) is 17.2 Å². The molecular formula is C22H30O3S. The molecule has 1 saturated carbocycles. The highest BCUT2D eigenvalue weighted by atomic mass is 32.2. The molecule has 1 spiro atoms. The lowest BCUT2D eigenvalue weighted by Crippen LogP contribution is -2.44. The molecule has 26 heavy (non-hydrogen) atoms. The van der Waals surface area contributed by atoms with Gasteiger partial charge in [-0.05, 0) is 55.1 Å². The van der Waals surface area contributed by atoms with Gasteiger partial charge in [0.1, 0.15) is 16.3 Å². The molecular weight excluding hydrogens is 344 g/mol. The normalized spacial score (nSPS) is 26.9. The molecule has 2 aliphatic rings. The Morgan fingerprint density at radius 1 is 1.23 bits per heavy atom. The molecule has 0 unspecified atom stereocenters. The molecule has 3 nitrogen and oxygen atoms in total. The second kappa shape index (κ2) is 7.30. The smallest absolute Gasteiger partial charge is 0.349 e. The molecule has 1 aliphatic heterocycles. The van der Waals surface area contributed by atoms with Crippen LogP contribution in [0.1, 0.15) is 65.4 Å². The van der Waals surface area contributed by atoms with Crippen molar-refractivity contribution in [2.45, 2.75) is 76.7 Å². The van der Waals surface area contributed by atoms with Crippen LogP contribution in [-0.4, -0.2) is 16.7 Å². The monoisotopic (exact) mass is 374 g/mol. The minimum atomic E-state index is -0.503. The Morgan fingerprint density at radius 3 is 2.46 bits per heavy atom. The second-order valence-electron chi connectivity index (χ2n) is 8.73. The molecule has 0 atom stereocenters. The fourth-order valence-electron chi connectivity index (χ4n) is 4.18. The maximum atomic E-state index is 12.7. The third kappa shape index (κ3) is 3.95. The van der Waals surface area contributed by atoms with E-state index in [0.717, 1.165) is 37.0 Å². The quantitative estimate of drug-likeness (QED) is 0.656. The number of benzene rings is 1. The number of carbonyl (C=O) groups is 1. The van der Waals surface area contributed by atoms with Gasteiger partial charge in [-0.2, -0.15) is 0 Å². The van der Waals surface area contributed by atoms with Gasteiger partial charge in [-0.3, -0.25) is 0 Å². The zero-order valence-electron chi connectivity index (χ0n) is 16.3. The minimum absolute atomic E-state index is 0.200. The topological polar surface area (TPSA) is 46.5 Å². The highest BCUT2D eigenvalue weighted by Crippen LogP contribution is 2.48. The Bertz CT molecular complexity index is 706. The van der Waals surface area contributed by atoms with Gasteiger partial charge in [-0.25, -0.2) is 4.79 Å². The molecule has 1 heterocycles. The molecule has 1 aliphatic carbocycles. The summed E-state index contributed by atoms with van der Waals surface area (Å²) in [5.74, 6) is 0.482. The number of aliphatic hydroxyl groups is 1. The fourth-order valence-corrected chi connectivity index (χ4v) is 5.20. The van der Waals surface area contributed by atoms with Crippen molar-refractivity contribution in [3.05, 3.63) is 40.5 Å². The number of hydrogen-bond acceptors (Lipinski definition) is 4. The largest absolute Gasteiger partial charge is 0.511 e. The molecule has 0 radical (unpaired) electrons. The number of esters is 1. The maximum absolute atomic E-state index is 12.7. The number of thioether (sulfide) groups is 1. The Hall–Kier alpha value is -1.42. The summed E-state index contributed by atoms with van der Waals surface area (Å²) in [5, 5.41) is 10.7. The van der Waals surface area contributed by atoms with Crippen LogP contribution in [0, 0.1) is 11.3 Å². The molecule has 1 aromatic rings. The van der Waals surface area contributed by atoms with Gasteiger partial charge in [0.05, 0.1) is 0 Å². The van der Waals surface area contributed by atoms with Crippen LogP contribution < -0.4 is 0 Å². The molecule has 0 saturated heterocycles. The third-order valence-electron chi connectivity index (χ3n) is 5.93. The Kier molecular flexibility index (Phi) is 5.43. The van der Waals surface area contributed by atoms with E-state index in [-0.39, 0.29) is 17.1 Å². The summed E-state index contributed by atoms with van der Waals surface area (Å²) in [7, 11) is 0. The summed E-state index contributed by atoms with van der Waals surface area (Å²) in [6, 6.07) is 8.01. The number of aryl methyl sites for hydroxylation is 1. The summed E-state index contributed by atoms with van der Waals surface area (Å²) >= 11 is 1.34. The second-order valence-corrected chi connectivity index (χ2v) is 9.78. The van der Waals surface area contributed by atoms with Gasteiger partial charge in [0.15, 0.2) is 0 Å². The molecule has 1 fully saturated rings. The Labute approximate surface area is 161 Å². The van der Waals surface area contributed by atoms with Crippen molar-refractivity contribution < 1.29 is 14.6 Å². The van der Waals surface area contributed by atoms with Gasteiger partial charge in [-0.1, -0.05) is 57.7 Å². The molecule has 1 N–H and O–H groups in total. The van der Waals surface area contributed by atoms with Crippen LogP contribution >= 0.6 is 11.8 Å². The van der Waals surface area contributed by atoms with Crippen molar-refractivity contribution in [1.82, 2.24) is 0 Å². The van der Waals surface area contributed by atoms with Crippen molar-refractivity contribution >= 4 is 17.7 Å². The zero-order valence-corrected chi connectivity index (χ0v) is 17.1. The lowest BCUT2D eigenvalue weighted by molar-refractivity contribution is -0.163. The van der Waals surface area contributed by atoms with Crippen LogP contribution in [0.5, 0.6) is 0 Å².